The Morgan fingerprint density at radius 2 is 2.00 bits per heavy atom. The Balaban J connectivity index is 2.30. The highest BCUT2D eigenvalue weighted by Crippen LogP contribution is 2.26. The van der Waals surface area contributed by atoms with E-state index in [9.17, 15) is 0 Å². The van der Waals surface area contributed by atoms with Crippen LogP contribution < -0.4 is 4.74 Å². The molecule has 0 aliphatic carbocycles. The van der Waals surface area contributed by atoms with Crippen molar-refractivity contribution in [3.63, 3.8) is 0 Å². The third-order valence-electron chi connectivity index (χ3n) is 3.27. The molecule has 0 atom stereocenters. The first-order valence-electron chi connectivity index (χ1n) is 6.68. The first-order chi connectivity index (χ1) is 9.70. The number of rotatable bonds is 3. The Kier molecular flexibility index (Phi) is 3.14. The highest BCUT2D eigenvalue weighted by Gasteiger charge is 2.16. The molecule has 0 N–H and O–H groups in total. The fourth-order valence-electron chi connectivity index (χ4n) is 2.32. The topological polar surface area (TPSA) is 39.9 Å². The molecular formula is C16H17N3O. The molecule has 3 rings (SSSR count). The minimum atomic E-state index is 0.315. The third-order valence-corrected chi connectivity index (χ3v) is 3.27. The average molecular weight is 267 g/mol. The summed E-state index contributed by atoms with van der Waals surface area (Å²) in [5, 5.41) is 0. The molecule has 0 fully saturated rings. The van der Waals surface area contributed by atoms with E-state index in [-0.39, 0.29) is 0 Å². The van der Waals surface area contributed by atoms with Crippen LogP contribution >= 0.6 is 0 Å². The second-order valence-corrected chi connectivity index (χ2v) is 5.01. The fourth-order valence-corrected chi connectivity index (χ4v) is 2.32. The van der Waals surface area contributed by atoms with Gasteiger partial charge in [-0.25, -0.2) is 9.97 Å². The number of benzene rings is 1. The number of aromatic nitrogens is 3. The molecule has 0 radical (unpaired) electrons. The van der Waals surface area contributed by atoms with E-state index in [0.717, 1.165) is 28.4 Å². The van der Waals surface area contributed by atoms with Crippen LogP contribution in [0.1, 0.15) is 25.6 Å². The molecule has 102 valence electrons. The Bertz CT molecular complexity index is 746. The van der Waals surface area contributed by atoms with Crippen molar-refractivity contribution in [2.45, 2.75) is 19.8 Å². The maximum Gasteiger partial charge on any atom is 0.164 e. The van der Waals surface area contributed by atoms with Crippen LogP contribution in [0.15, 0.2) is 42.6 Å². The second-order valence-electron chi connectivity index (χ2n) is 5.01. The van der Waals surface area contributed by atoms with Crippen molar-refractivity contribution in [1.82, 2.24) is 14.5 Å². The maximum atomic E-state index is 5.31. The molecule has 0 amide bonds. The number of fused-ring (bicyclic) bond motifs is 1. The van der Waals surface area contributed by atoms with Gasteiger partial charge in [-0.1, -0.05) is 19.9 Å². The van der Waals surface area contributed by atoms with E-state index in [1.54, 1.807) is 13.3 Å². The SMILES string of the molecule is COc1cccc(-n2c(C(C)C)nc3cccnc32)c1. The number of hydrogen-bond donors (Lipinski definition) is 0. The first-order valence-corrected chi connectivity index (χ1v) is 6.68. The van der Waals surface area contributed by atoms with Gasteiger partial charge in [0.05, 0.1) is 12.8 Å². The number of pyridine rings is 1. The number of imidazole rings is 1. The molecule has 0 bridgehead atoms. The molecule has 2 aromatic heterocycles. The van der Waals surface area contributed by atoms with Crippen molar-refractivity contribution in [2.24, 2.45) is 0 Å². The van der Waals surface area contributed by atoms with Gasteiger partial charge in [-0.3, -0.25) is 4.57 Å². The maximum absolute atomic E-state index is 5.31. The first kappa shape index (κ1) is 12.7. The summed E-state index contributed by atoms with van der Waals surface area (Å²) in [7, 11) is 1.67. The van der Waals surface area contributed by atoms with Gasteiger partial charge in [0.25, 0.3) is 0 Å². The van der Waals surface area contributed by atoms with Gasteiger partial charge in [0, 0.05) is 18.2 Å². The Hall–Kier alpha value is -2.36. The largest absolute Gasteiger partial charge is 0.497 e. The molecule has 0 aliphatic rings. The minimum Gasteiger partial charge on any atom is -0.497 e. The summed E-state index contributed by atoms with van der Waals surface area (Å²) in [6, 6.07) is 11.9. The molecular weight excluding hydrogens is 250 g/mol. The molecule has 20 heavy (non-hydrogen) atoms. The van der Waals surface area contributed by atoms with E-state index in [1.165, 1.54) is 0 Å². The van der Waals surface area contributed by atoms with Gasteiger partial charge in [-0.15, -0.1) is 0 Å². The lowest BCUT2D eigenvalue weighted by atomic mass is 10.2. The summed E-state index contributed by atoms with van der Waals surface area (Å²) >= 11 is 0. The quantitative estimate of drug-likeness (QED) is 0.728. The van der Waals surface area contributed by atoms with Crippen LogP contribution in [0.25, 0.3) is 16.9 Å². The van der Waals surface area contributed by atoms with Crippen LogP contribution in [0.2, 0.25) is 0 Å². The van der Waals surface area contributed by atoms with E-state index in [0.29, 0.717) is 5.92 Å². The van der Waals surface area contributed by atoms with E-state index < -0.39 is 0 Å². The molecule has 4 nitrogen and oxygen atoms in total. The summed E-state index contributed by atoms with van der Waals surface area (Å²) in [6.07, 6.45) is 1.80. The van der Waals surface area contributed by atoms with Crippen molar-refractivity contribution in [3.05, 3.63) is 48.4 Å². The zero-order valence-electron chi connectivity index (χ0n) is 11.9. The minimum absolute atomic E-state index is 0.315. The average Bonchev–Trinajstić information content (AvgIpc) is 2.87. The van der Waals surface area contributed by atoms with Gasteiger partial charge in [0.1, 0.15) is 17.1 Å². The normalized spacial score (nSPS) is 11.2. The third kappa shape index (κ3) is 2.03. The number of ether oxygens (including phenoxy) is 1. The Morgan fingerprint density at radius 1 is 1.15 bits per heavy atom. The van der Waals surface area contributed by atoms with E-state index in [1.807, 2.05) is 36.4 Å². The zero-order valence-corrected chi connectivity index (χ0v) is 11.9. The monoisotopic (exact) mass is 267 g/mol. The Morgan fingerprint density at radius 3 is 2.75 bits per heavy atom. The van der Waals surface area contributed by atoms with Gasteiger partial charge in [0.15, 0.2) is 5.65 Å². The number of hydrogen-bond acceptors (Lipinski definition) is 3. The summed E-state index contributed by atoms with van der Waals surface area (Å²) in [5.74, 6) is 2.15. The van der Waals surface area contributed by atoms with Crippen molar-refractivity contribution in [3.8, 4) is 11.4 Å². The predicted octanol–water partition coefficient (Wildman–Crippen LogP) is 3.55. The summed E-state index contributed by atoms with van der Waals surface area (Å²) < 4.78 is 7.41. The zero-order chi connectivity index (χ0) is 14.1. The van der Waals surface area contributed by atoms with E-state index in [2.05, 4.69) is 23.4 Å². The van der Waals surface area contributed by atoms with Crippen LogP contribution in [0.3, 0.4) is 0 Å². The van der Waals surface area contributed by atoms with Crippen molar-refractivity contribution >= 4 is 11.2 Å². The predicted molar refractivity (Wildman–Crippen MR) is 79.5 cm³/mol. The number of nitrogens with zero attached hydrogens (tertiary/aromatic N) is 3. The van der Waals surface area contributed by atoms with Crippen LogP contribution in [-0.4, -0.2) is 21.6 Å². The second kappa shape index (κ2) is 4.96. The van der Waals surface area contributed by atoms with Gasteiger partial charge >= 0.3 is 0 Å². The molecule has 0 saturated carbocycles. The lowest BCUT2D eigenvalue weighted by Crippen LogP contribution is -2.03. The molecule has 2 heterocycles. The van der Waals surface area contributed by atoms with Crippen LogP contribution in [0.5, 0.6) is 5.75 Å². The molecule has 0 aliphatic heterocycles. The standard InChI is InChI=1S/C16H17N3O/c1-11(2)15-18-14-8-5-9-17-16(14)19(15)12-6-4-7-13(10-12)20-3/h4-11H,1-3H3. The lowest BCUT2D eigenvalue weighted by Gasteiger charge is -2.11. The highest BCUT2D eigenvalue weighted by atomic mass is 16.5. The van der Waals surface area contributed by atoms with E-state index >= 15 is 0 Å². The summed E-state index contributed by atoms with van der Waals surface area (Å²) in [5.41, 5.74) is 2.82. The van der Waals surface area contributed by atoms with Crippen LogP contribution in [0.4, 0.5) is 0 Å². The van der Waals surface area contributed by atoms with Crippen molar-refractivity contribution in [1.29, 1.82) is 0 Å². The molecule has 0 saturated heterocycles. The molecule has 0 unspecified atom stereocenters. The molecule has 0 spiro atoms. The van der Waals surface area contributed by atoms with E-state index in [4.69, 9.17) is 9.72 Å². The van der Waals surface area contributed by atoms with Gasteiger partial charge in [0.2, 0.25) is 0 Å². The molecule has 4 heteroatoms. The van der Waals surface area contributed by atoms with Crippen molar-refractivity contribution in [2.75, 3.05) is 7.11 Å². The Labute approximate surface area is 118 Å². The molecule has 3 aromatic rings. The lowest BCUT2D eigenvalue weighted by molar-refractivity contribution is 0.414. The molecule has 1 aromatic carbocycles. The summed E-state index contributed by atoms with van der Waals surface area (Å²) in [4.78, 5) is 9.18. The van der Waals surface area contributed by atoms with Gasteiger partial charge in [-0.2, -0.15) is 0 Å². The smallest absolute Gasteiger partial charge is 0.164 e. The number of methoxy groups -OCH3 is 1. The summed E-state index contributed by atoms with van der Waals surface area (Å²) in [6.45, 7) is 4.27. The van der Waals surface area contributed by atoms with Crippen LogP contribution in [0, 0.1) is 0 Å². The van der Waals surface area contributed by atoms with Crippen molar-refractivity contribution < 1.29 is 4.74 Å². The van der Waals surface area contributed by atoms with Gasteiger partial charge in [-0.05, 0) is 24.3 Å². The highest BCUT2D eigenvalue weighted by molar-refractivity contribution is 5.74. The van der Waals surface area contributed by atoms with Gasteiger partial charge < -0.3 is 4.74 Å². The van der Waals surface area contributed by atoms with Crippen LogP contribution in [-0.2, 0) is 0 Å². The fraction of sp³-hybridized carbons (Fsp3) is 0.250.